The van der Waals surface area contributed by atoms with Crippen LogP contribution in [0.5, 0.6) is 0 Å². The zero-order valence-corrected chi connectivity index (χ0v) is 14.1. The molecule has 0 unspecified atom stereocenters. The van der Waals surface area contributed by atoms with Gasteiger partial charge in [-0.2, -0.15) is 0 Å². The predicted octanol–water partition coefficient (Wildman–Crippen LogP) is 4.32. The molecule has 0 heterocycles. The number of halogens is 1. The van der Waals surface area contributed by atoms with Gasteiger partial charge in [0.05, 0.1) is 5.75 Å². The molecule has 0 saturated heterocycles. The summed E-state index contributed by atoms with van der Waals surface area (Å²) in [7, 11) is 0. The first kappa shape index (κ1) is 15.9. The van der Waals surface area contributed by atoms with Crippen LogP contribution in [0.4, 0.5) is 11.4 Å². The summed E-state index contributed by atoms with van der Waals surface area (Å²) < 4.78 is 0.935. The van der Waals surface area contributed by atoms with Crippen LogP contribution in [0.1, 0.15) is 12.5 Å². The minimum absolute atomic E-state index is 0.0356. The van der Waals surface area contributed by atoms with Crippen molar-refractivity contribution < 1.29 is 4.79 Å². The van der Waals surface area contributed by atoms with E-state index < -0.39 is 0 Å². The molecule has 0 spiro atoms. The van der Waals surface area contributed by atoms with Crippen LogP contribution in [0, 0.1) is 0 Å². The molecule has 0 radical (unpaired) electrons. The fourth-order valence-electron chi connectivity index (χ4n) is 1.81. The molecule has 0 aliphatic rings. The average Bonchev–Trinajstić information content (AvgIpc) is 2.47. The van der Waals surface area contributed by atoms with Crippen LogP contribution in [0.15, 0.2) is 51.8 Å². The Morgan fingerprint density at radius 3 is 2.57 bits per heavy atom. The van der Waals surface area contributed by atoms with E-state index in [1.807, 2.05) is 42.5 Å². The number of hydrogen-bond donors (Lipinski definition) is 2. The number of amides is 1. The predicted molar refractivity (Wildman–Crippen MR) is 93.7 cm³/mol. The maximum atomic E-state index is 11.9. The van der Waals surface area contributed by atoms with Crippen molar-refractivity contribution in [2.24, 2.45) is 0 Å². The third-order valence-electron chi connectivity index (χ3n) is 2.98. The van der Waals surface area contributed by atoms with E-state index in [9.17, 15) is 4.79 Å². The van der Waals surface area contributed by atoms with Crippen LogP contribution >= 0.6 is 27.7 Å². The molecule has 3 N–H and O–H groups in total. The SMILES string of the molecule is CCc1ccc(NC(=O)CSc2ccc(Br)cc2N)cc1. The average molecular weight is 365 g/mol. The molecule has 2 rings (SSSR count). The quantitative estimate of drug-likeness (QED) is 0.613. The van der Waals surface area contributed by atoms with Gasteiger partial charge >= 0.3 is 0 Å². The van der Waals surface area contributed by atoms with E-state index in [1.54, 1.807) is 0 Å². The lowest BCUT2D eigenvalue weighted by Gasteiger charge is -2.07. The van der Waals surface area contributed by atoms with E-state index in [0.717, 1.165) is 21.5 Å². The number of hydrogen-bond acceptors (Lipinski definition) is 3. The Labute approximate surface area is 137 Å². The van der Waals surface area contributed by atoms with Crippen molar-refractivity contribution in [2.75, 3.05) is 16.8 Å². The Morgan fingerprint density at radius 2 is 1.95 bits per heavy atom. The molecule has 2 aromatic rings. The van der Waals surface area contributed by atoms with Gasteiger partial charge in [0, 0.05) is 20.7 Å². The van der Waals surface area contributed by atoms with E-state index in [4.69, 9.17) is 5.73 Å². The highest BCUT2D eigenvalue weighted by atomic mass is 79.9. The molecule has 0 atom stereocenters. The summed E-state index contributed by atoms with van der Waals surface area (Å²) in [5.41, 5.74) is 8.66. The van der Waals surface area contributed by atoms with Crippen molar-refractivity contribution in [3.63, 3.8) is 0 Å². The summed E-state index contributed by atoms with van der Waals surface area (Å²) in [5.74, 6) is 0.299. The Morgan fingerprint density at radius 1 is 1.24 bits per heavy atom. The molecule has 110 valence electrons. The topological polar surface area (TPSA) is 55.1 Å². The van der Waals surface area contributed by atoms with Crippen LogP contribution in [0.25, 0.3) is 0 Å². The van der Waals surface area contributed by atoms with Crippen molar-refractivity contribution >= 4 is 45.0 Å². The molecule has 2 aromatic carbocycles. The Bertz CT molecular complexity index is 629. The Kier molecular flexibility index (Phi) is 5.70. The standard InChI is InChI=1S/C16H17BrN2OS/c1-2-11-3-6-13(7-4-11)19-16(20)10-21-15-8-5-12(17)9-14(15)18/h3-9H,2,10,18H2,1H3,(H,19,20). The zero-order chi connectivity index (χ0) is 15.2. The van der Waals surface area contributed by atoms with Gasteiger partial charge in [0.15, 0.2) is 0 Å². The van der Waals surface area contributed by atoms with Gasteiger partial charge in [0.25, 0.3) is 0 Å². The van der Waals surface area contributed by atoms with Gasteiger partial charge in [-0.05, 0) is 42.3 Å². The first-order chi connectivity index (χ1) is 10.1. The second-order valence-corrected chi connectivity index (χ2v) is 6.50. The second-order valence-electron chi connectivity index (χ2n) is 4.57. The van der Waals surface area contributed by atoms with Crippen molar-refractivity contribution in [3.8, 4) is 0 Å². The van der Waals surface area contributed by atoms with Crippen LogP contribution in [0.3, 0.4) is 0 Å². The summed E-state index contributed by atoms with van der Waals surface area (Å²) >= 11 is 4.80. The van der Waals surface area contributed by atoms with Crippen LogP contribution in [-0.2, 0) is 11.2 Å². The van der Waals surface area contributed by atoms with Gasteiger partial charge < -0.3 is 11.1 Å². The summed E-state index contributed by atoms with van der Waals surface area (Å²) in [5, 5.41) is 2.88. The van der Waals surface area contributed by atoms with Gasteiger partial charge in [0.2, 0.25) is 5.91 Å². The second kappa shape index (κ2) is 7.52. The van der Waals surface area contributed by atoms with Crippen molar-refractivity contribution in [1.29, 1.82) is 0 Å². The molecule has 0 aliphatic carbocycles. The summed E-state index contributed by atoms with van der Waals surface area (Å²) in [4.78, 5) is 12.8. The molecule has 1 amide bonds. The molecule has 21 heavy (non-hydrogen) atoms. The zero-order valence-electron chi connectivity index (χ0n) is 11.7. The fraction of sp³-hybridized carbons (Fsp3) is 0.188. The lowest BCUT2D eigenvalue weighted by molar-refractivity contribution is -0.113. The number of rotatable bonds is 5. The van der Waals surface area contributed by atoms with E-state index in [1.165, 1.54) is 17.3 Å². The molecular weight excluding hydrogens is 348 g/mol. The maximum Gasteiger partial charge on any atom is 0.234 e. The van der Waals surface area contributed by atoms with Gasteiger partial charge in [-0.3, -0.25) is 4.79 Å². The first-order valence-corrected chi connectivity index (χ1v) is 8.43. The number of thioether (sulfide) groups is 1. The van der Waals surface area contributed by atoms with Gasteiger partial charge in [-0.1, -0.05) is 35.0 Å². The van der Waals surface area contributed by atoms with Gasteiger partial charge in [0.1, 0.15) is 0 Å². The van der Waals surface area contributed by atoms with Crippen molar-refractivity contribution in [1.82, 2.24) is 0 Å². The highest BCUT2D eigenvalue weighted by Gasteiger charge is 2.06. The number of nitrogens with one attached hydrogen (secondary N) is 1. The molecule has 0 aliphatic heterocycles. The Hall–Kier alpha value is -1.46. The molecule has 0 bridgehead atoms. The van der Waals surface area contributed by atoms with Gasteiger partial charge in [-0.15, -0.1) is 11.8 Å². The highest BCUT2D eigenvalue weighted by molar-refractivity contribution is 9.10. The molecule has 0 fully saturated rings. The minimum Gasteiger partial charge on any atom is -0.398 e. The first-order valence-electron chi connectivity index (χ1n) is 6.65. The largest absolute Gasteiger partial charge is 0.398 e. The number of benzene rings is 2. The number of carbonyl (C=O) groups excluding carboxylic acids is 1. The van der Waals surface area contributed by atoms with Gasteiger partial charge in [-0.25, -0.2) is 0 Å². The number of nitrogens with two attached hydrogens (primary N) is 1. The van der Waals surface area contributed by atoms with E-state index in [-0.39, 0.29) is 5.91 Å². The van der Waals surface area contributed by atoms with E-state index in [0.29, 0.717) is 11.4 Å². The lowest BCUT2D eigenvalue weighted by Crippen LogP contribution is -2.14. The molecular formula is C16H17BrN2OS. The third kappa shape index (κ3) is 4.79. The number of nitrogen functional groups attached to an aromatic ring is 1. The Balaban J connectivity index is 1.89. The number of anilines is 2. The molecule has 0 aromatic heterocycles. The molecule has 5 heteroatoms. The summed E-state index contributed by atoms with van der Waals surface area (Å²) in [6, 6.07) is 13.6. The highest BCUT2D eigenvalue weighted by Crippen LogP contribution is 2.27. The molecule has 3 nitrogen and oxygen atoms in total. The number of aryl methyl sites for hydroxylation is 1. The summed E-state index contributed by atoms with van der Waals surface area (Å²) in [6.07, 6.45) is 0.993. The minimum atomic E-state index is -0.0356. The third-order valence-corrected chi connectivity index (χ3v) is 4.56. The van der Waals surface area contributed by atoms with Crippen LogP contribution < -0.4 is 11.1 Å². The summed E-state index contributed by atoms with van der Waals surface area (Å²) in [6.45, 7) is 2.10. The molecule has 0 saturated carbocycles. The normalized spacial score (nSPS) is 10.4. The number of carbonyl (C=O) groups is 1. The smallest absolute Gasteiger partial charge is 0.234 e. The lowest BCUT2D eigenvalue weighted by atomic mass is 10.1. The van der Waals surface area contributed by atoms with Crippen LogP contribution in [0.2, 0.25) is 0 Å². The van der Waals surface area contributed by atoms with Crippen molar-refractivity contribution in [2.45, 2.75) is 18.2 Å². The van der Waals surface area contributed by atoms with Crippen molar-refractivity contribution in [3.05, 3.63) is 52.5 Å². The monoisotopic (exact) mass is 364 g/mol. The maximum absolute atomic E-state index is 11.9. The van der Waals surface area contributed by atoms with E-state index >= 15 is 0 Å². The van der Waals surface area contributed by atoms with E-state index in [2.05, 4.69) is 28.2 Å². The van der Waals surface area contributed by atoms with Crippen LogP contribution in [-0.4, -0.2) is 11.7 Å². The fourth-order valence-corrected chi connectivity index (χ4v) is 2.94.